The van der Waals surface area contributed by atoms with Crippen LogP contribution in [0.4, 0.5) is 0 Å². The highest BCUT2D eigenvalue weighted by Gasteiger charge is 2.32. The Bertz CT molecular complexity index is 360. The first kappa shape index (κ1) is 13.6. The van der Waals surface area contributed by atoms with Gasteiger partial charge in [0.15, 0.2) is 0 Å². The highest BCUT2D eigenvalue weighted by molar-refractivity contribution is 5.23. The Morgan fingerprint density at radius 2 is 1.78 bits per heavy atom. The first-order valence-corrected chi connectivity index (χ1v) is 7.28. The Balaban J connectivity index is 1.80. The van der Waals surface area contributed by atoms with E-state index in [1.165, 1.54) is 18.4 Å². The summed E-state index contributed by atoms with van der Waals surface area (Å²) in [5, 5.41) is 3.74. The lowest BCUT2D eigenvalue weighted by atomic mass is 9.73. The molecule has 0 atom stereocenters. The number of rotatable bonds is 5. The molecular weight excluding hydrogens is 218 g/mol. The fourth-order valence-corrected chi connectivity index (χ4v) is 2.76. The zero-order valence-corrected chi connectivity index (χ0v) is 12.2. The highest BCUT2D eigenvalue weighted by atomic mass is 14.9. The Morgan fingerprint density at radius 3 is 2.33 bits per heavy atom. The van der Waals surface area contributed by atoms with E-state index in [1.54, 1.807) is 0 Å². The van der Waals surface area contributed by atoms with Gasteiger partial charge in [0.05, 0.1) is 0 Å². The van der Waals surface area contributed by atoms with Crippen LogP contribution in [-0.2, 0) is 5.41 Å². The van der Waals surface area contributed by atoms with E-state index in [2.05, 4.69) is 63.3 Å². The first-order chi connectivity index (χ1) is 8.49. The second kappa shape index (κ2) is 5.44. The molecule has 0 saturated heterocycles. The number of hydrogen-bond donors (Lipinski definition) is 1. The summed E-state index contributed by atoms with van der Waals surface area (Å²) < 4.78 is 0. The van der Waals surface area contributed by atoms with Crippen molar-refractivity contribution in [3.63, 3.8) is 0 Å². The summed E-state index contributed by atoms with van der Waals surface area (Å²) >= 11 is 0. The van der Waals surface area contributed by atoms with Crippen molar-refractivity contribution in [1.82, 2.24) is 5.32 Å². The summed E-state index contributed by atoms with van der Waals surface area (Å²) in [5.74, 6) is 1.80. The number of benzene rings is 1. The van der Waals surface area contributed by atoms with E-state index in [0.29, 0.717) is 0 Å². The van der Waals surface area contributed by atoms with Crippen LogP contribution >= 0.6 is 0 Å². The van der Waals surface area contributed by atoms with Gasteiger partial charge in [-0.2, -0.15) is 0 Å². The molecule has 0 unspecified atom stereocenters. The second-order valence-corrected chi connectivity index (χ2v) is 6.80. The molecule has 1 N–H and O–H groups in total. The van der Waals surface area contributed by atoms with Crippen molar-refractivity contribution in [2.24, 2.45) is 11.8 Å². The molecule has 0 spiro atoms. The lowest BCUT2D eigenvalue weighted by Gasteiger charge is -2.40. The number of hydrogen-bond acceptors (Lipinski definition) is 1. The van der Waals surface area contributed by atoms with Gasteiger partial charge in [-0.15, -0.1) is 0 Å². The summed E-state index contributed by atoms with van der Waals surface area (Å²) in [4.78, 5) is 0. The molecule has 0 radical (unpaired) electrons. The van der Waals surface area contributed by atoms with Crippen molar-refractivity contribution < 1.29 is 0 Å². The SMILES string of the molecule is CC(C)C1CC(NCC(C)(C)c2ccccc2)C1. The molecule has 0 amide bonds. The van der Waals surface area contributed by atoms with Crippen molar-refractivity contribution in [1.29, 1.82) is 0 Å². The molecule has 1 heteroatoms. The van der Waals surface area contributed by atoms with Gasteiger partial charge in [0.25, 0.3) is 0 Å². The van der Waals surface area contributed by atoms with Crippen molar-refractivity contribution in [2.45, 2.75) is 52.0 Å². The maximum absolute atomic E-state index is 3.74. The molecule has 1 aliphatic carbocycles. The molecule has 0 bridgehead atoms. The first-order valence-electron chi connectivity index (χ1n) is 7.28. The van der Waals surface area contributed by atoms with Crippen LogP contribution in [0, 0.1) is 11.8 Å². The van der Waals surface area contributed by atoms with Crippen molar-refractivity contribution in [3.05, 3.63) is 35.9 Å². The maximum Gasteiger partial charge on any atom is 0.00729 e. The molecule has 0 aliphatic heterocycles. The highest BCUT2D eigenvalue weighted by Crippen LogP contribution is 2.34. The minimum atomic E-state index is 0.226. The Hall–Kier alpha value is -0.820. The molecule has 1 aromatic rings. The summed E-state index contributed by atoms with van der Waals surface area (Å²) in [7, 11) is 0. The van der Waals surface area contributed by atoms with E-state index >= 15 is 0 Å². The van der Waals surface area contributed by atoms with E-state index in [1.807, 2.05) is 0 Å². The third-order valence-electron chi connectivity index (χ3n) is 4.51. The molecule has 100 valence electrons. The molecule has 18 heavy (non-hydrogen) atoms. The van der Waals surface area contributed by atoms with E-state index in [4.69, 9.17) is 0 Å². The van der Waals surface area contributed by atoms with Gasteiger partial charge in [-0.05, 0) is 30.2 Å². The Labute approximate surface area is 112 Å². The molecule has 1 saturated carbocycles. The minimum absolute atomic E-state index is 0.226. The maximum atomic E-state index is 3.74. The summed E-state index contributed by atoms with van der Waals surface area (Å²) in [5.41, 5.74) is 1.65. The topological polar surface area (TPSA) is 12.0 Å². The lowest BCUT2D eigenvalue weighted by Crippen LogP contribution is -2.47. The van der Waals surface area contributed by atoms with Gasteiger partial charge in [-0.25, -0.2) is 0 Å². The molecule has 0 heterocycles. The van der Waals surface area contributed by atoms with E-state index in [0.717, 1.165) is 24.4 Å². The van der Waals surface area contributed by atoms with E-state index < -0.39 is 0 Å². The molecular formula is C17H27N. The van der Waals surface area contributed by atoms with Crippen LogP contribution < -0.4 is 5.32 Å². The predicted octanol–water partition coefficient (Wildman–Crippen LogP) is 3.99. The fraction of sp³-hybridized carbons (Fsp3) is 0.647. The quantitative estimate of drug-likeness (QED) is 0.827. The summed E-state index contributed by atoms with van der Waals surface area (Å²) in [6.07, 6.45) is 2.73. The molecule has 1 fully saturated rings. The monoisotopic (exact) mass is 245 g/mol. The third-order valence-corrected chi connectivity index (χ3v) is 4.51. The van der Waals surface area contributed by atoms with Crippen LogP contribution in [0.2, 0.25) is 0 Å². The van der Waals surface area contributed by atoms with Crippen LogP contribution in [0.3, 0.4) is 0 Å². The van der Waals surface area contributed by atoms with Crippen molar-refractivity contribution in [3.8, 4) is 0 Å². The molecule has 2 rings (SSSR count). The van der Waals surface area contributed by atoms with Crippen LogP contribution in [0.25, 0.3) is 0 Å². The van der Waals surface area contributed by atoms with Gasteiger partial charge < -0.3 is 5.32 Å². The Kier molecular flexibility index (Phi) is 4.11. The van der Waals surface area contributed by atoms with Gasteiger partial charge in [-0.3, -0.25) is 0 Å². The van der Waals surface area contributed by atoms with Gasteiger partial charge >= 0.3 is 0 Å². The zero-order valence-electron chi connectivity index (χ0n) is 12.2. The molecule has 0 aromatic heterocycles. The summed E-state index contributed by atoms with van der Waals surface area (Å²) in [6.45, 7) is 10.4. The summed E-state index contributed by atoms with van der Waals surface area (Å²) in [6, 6.07) is 11.6. The van der Waals surface area contributed by atoms with Crippen molar-refractivity contribution >= 4 is 0 Å². The molecule has 1 aliphatic rings. The van der Waals surface area contributed by atoms with Crippen LogP contribution in [0.1, 0.15) is 46.1 Å². The lowest BCUT2D eigenvalue weighted by molar-refractivity contribution is 0.163. The average molecular weight is 245 g/mol. The second-order valence-electron chi connectivity index (χ2n) is 6.80. The normalized spacial score (nSPS) is 24.1. The average Bonchev–Trinajstić information content (AvgIpc) is 2.27. The third kappa shape index (κ3) is 3.14. The van der Waals surface area contributed by atoms with Crippen LogP contribution in [0.15, 0.2) is 30.3 Å². The van der Waals surface area contributed by atoms with E-state index in [-0.39, 0.29) is 5.41 Å². The van der Waals surface area contributed by atoms with Crippen molar-refractivity contribution in [2.75, 3.05) is 6.54 Å². The molecule has 1 aromatic carbocycles. The standard InChI is InChI=1S/C17H27N/c1-13(2)14-10-16(11-14)18-12-17(3,4)15-8-6-5-7-9-15/h5-9,13-14,16,18H,10-12H2,1-4H3. The van der Waals surface area contributed by atoms with Gasteiger partial charge in [0, 0.05) is 18.0 Å². The van der Waals surface area contributed by atoms with Crippen LogP contribution in [-0.4, -0.2) is 12.6 Å². The van der Waals surface area contributed by atoms with E-state index in [9.17, 15) is 0 Å². The smallest absolute Gasteiger partial charge is 0.00729 e. The van der Waals surface area contributed by atoms with Crippen LogP contribution in [0.5, 0.6) is 0 Å². The Morgan fingerprint density at radius 1 is 1.17 bits per heavy atom. The number of nitrogens with one attached hydrogen (secondary N) is 1. The van der Waals surface area contributed by atoms with Gasteiger partial charge in [0.1, 0.15) is 0 Å². The fourth-order valence-electron chi connectivity index (χ4n) is 2.76. The largest absolute Gasteiger partial charge is 0.313 e. The van der Waals surface area contributed by atoms with Gasteiger partial charge in [0.2, 0.25) is 0 Å². The molecule has 1 nitrogen and oxygen atoms in total. The zero-order chi connectivity index (χ0) is 13.2. The van der Waals surface area contributed by atoms with Gasteiger partial charge in [-0.1, -0.05) is 58.0 Å². The minimum Gasteiger partial charge on any atom is -0.313 e. The predicted molar refractivity (Wildman–Crippen MR) is 78.8 cm³/mol.